The molecule has 0 saturated heterocycles. The molecule has 1 N–H and O–H groups in total. The Morgan fingerprint density at radius 2 is 1.86 bits per heavy atom. The van der Waals surface area contributed by atoms with Crippen molar-refractivity contribution in [3.05, 3.63) is 23.4 Å². The highest BCUT2D eigenvalue weighted by atomic mass is 16.5. The third-order valence-corrected chi connectivity index (χ3v) is 2.98. The number of ether oxygens (including phenoxy) is 2. The van der Waals surface area contributed by atoms with Gasteiger partial charge in [0.15, 0.2) is 0 Å². The molecule has 1 rings (SSSR count). The zero-order valence-electron chi connectivity index (χ0n) is 13.3. The number of carbonyl (C=O) groups is 1. The van der Waals surface area contributed by atoms with Crippen molar-refractivity contribution in [2.75, 3.05) is 52.4 Å². The van der Waals surface area contributed by atoms with E-state index in [1.165, 1.54) is 0 Å². The van der Waals surface area contributed by atoms with Gasteiger partial charge in [-0.2, -0.15) is 0 Å². The van der Waals surface area contributed by atoms with Crippen molar-refractivity contribution >= 4 is 11.7 Å². The molecule has 0 aliphatic rings. The predicted molar refractivity (Wildman–Crippen MR) is 82.8 cm³/mol. The lowest BCUT2D eigenvalue weighted by Gasteiger charge is -2.22. The van der Waals surface area contributed by atoms with Gasteiger partial charge < -0.3 is 19.7 Å². The molecule has 0 spiro atoms. The van der Waals surface area contributed by atoms with E-state index in [9.17, 15) is 4.79 Å². The summed E-state index contributed by atoms with van der Waals surface area (Å²) < 4.78 is 10.1. The second-order valence-corrected chi connectivity index (χ2v) is 4.69. The number of aryl methyl sites for hydroxylation is 1. The van der Waals surface area contributed by atoms with E-state index in [2.05, 4.69) is 10.3 Å². The molecule has 0 saturated carbocycles. The SMILES string of the molecule is CCNc1cc(C(=O)N(CCOC)CCOC)cc(C)n1. The lowest BCUT2D eigenvalue weighted by Crippen LogP contribution is -2.36. The number of hydrogen-bond donors (Lipinski definition) is 1. The second kappa shape index (κ2) is 9.31. The highest BCUT2D eigenvalue weighted by molar-refractivity contribution is 5.95. The molecule has 0 atom stereocenters. The zero-order valence-corrected chi connectivity index (χ0v) is 13.3. The van der Waals surface area contributed by atoms with Crippen molar-refractivity contribution in [2.24, 2.45) is 0 Å². The number of hydrogen-bond acceptors (Lipinski definition) is 5. The van der Waals surface area contributed by atoms with Crippen LogP contribution in [0.1, 0.15) is 23.0 Å². The maximum Gasteiger partial charge on any atom is 0.254 e. The minimum absolute atomic E-state index is 0.0336. The normalized spacial score (nSPS) is 10.5. The summed E-state index contributed by atoms with van der Waals surface area (Å²) in [4.78, 5) is 18.7. The fraction of sp³-hybridized carbons (Fsp3) is 0.600. The van der Waals surface area contributed by atoms with E-state index in [-0.39, 0.29) is 5.91 Å². The van der Waals surface area contributed by atoms with E-state index >= 15 is 0 Å². The molecule has 1 aromatic rings. The number of nitrogens with one attached hydrogen (secondary N) is 1. The monoisotopic (exact) mass is 295 g/mol. The lowest BCUT2D eigenvalue weighted by atomic mass is 10.2. The maximum atomic E-state index is 12.6. The first-order chi connectivity index (χ1) is 10.1. The first-order valence-electron chi connectivity index (χ1n) is 7.12. The van der Waals surface area contributed by atoms with Gasteiger partial charge in [-0.25, -0.2) is 4.98 Å². The minimum Gasteiger partial charge on any atom is -0.383 e. The average molecular weight is 295 g/mol. The predicted octanol–water partition coefficient (Wildman–Crippen LogP) is 1.56. The molecule has 118 valence electrons. The van der Waals surface area contributed by atoms with Crippen LogP contribution in [0.2, 0.25) is 0 Å². The largest absolute Gasteiger partial charge is 0.383 e. The van der Waals surface area contributed by atoms with Crippen molar-refractivity contribution in [3.8, 4) is 0 Å². The van der Waals surface area contributed by atoms with Gasteiger partial charge in [0.2, 0.25) is 0 Å². The van der Waals surface area contributed by atoms with Gasteiger partial charge >= 0.3 is 0 Å². The number of anilines is 1. The fourth-order valence-electron chi connectivity index (χ4n) is 1.96. The highest BCUT2D eigenvalue weighted by Gasteiger charge is 2.16. The van der Waals surface area contributed by atoms with Crippen molar-refractivity contribution in [3.63, 3.8) is 0 Å². The molecule has 0 aliphatic carbocycles. The maximum absolute atomic E-state index is 12.6. The minimum atomic E-state index is -0.0336. The van der Waals surface area contributed by atoms with Crippen LogP contribution in [0.4, 0.5) is 5.82 Å². The Bertz CT molecular complexity index is 444. The van der Waals surface area contributed by atoms with E-state index in [4.69, 9.17) is 9.47 Å². The van der Waals surface area contributed by atoms with Gasteiger partial charge in [0.25, 0.3) is 5.91 Å². The summed E-state index contributed by atoms with van der Waals surface area (Å²) in [6, 6.07) is 3.58. The Hall–Kier alpha value is -1.66. The van der Waals surface area contributed by atoms with Crippen molar-refractivity contribution in [2.45, 2.75) is 13.8 Å². The lowest BCUT2D eigenvalue weighted by molar-refractivity contribution is 0.0627. The van der Waals surface area contributed by atoms with Gasteiger partial charge in [0.05, 0.1) is 13.2 Å². The van der Waals surface area contributed by atoms with Gasteiger partial charge in [0, 0.05) is 45.1 Å². The summed E-state index contributed by atoms with van der Waals surface area (Å²) in [7, 11) is 3.25. The topological polar surface area (TPSA) is 63.7 Å². The van der Waals surface area contributed by atoms with E-state index in [1.54, 1.807) is 31.3 Å². The van der Waals surface area contributed by atoms with Crippen LogP contribution in [-0.2, 0) is 9.47 Å². The van der Waals surface area contributed by atoms with Crippen molar-refractivity contribution in [1.29, 1.82) is 0 Å². The Balaban J connectivity index is 2.90. The van der Waals surface area contributed by atoms with Crippen LogP contribution in [0.3, 0.4) is 0 Å². The van der Waals surface area contributed by atoms with Crippen LogP contribution < -0.4 is 5.32 Å². The first-order valence-corrected chi connectivity index (χ1v) is 7.12. The Kier molecular flexibility index (Phi) is 7.71. The van der Waals surface area contributed by atoms with E-state index in [1.807, 2.05) is 13.8 Å². The molecule has 21 heavy (non-hydrogen) atoms. The zero-order chi connectivity index (χ0) is 15.7. The van der Waals surface area contributed by atoms with Gasteiger partial charge in [0.1, 0.15) is 5.82 Å². The van der Waals surface area contributed by atoms with Crippen molar-refractivity contribution < 1.29 is 14.3 Å². The van der Waals surface area contributed by atoms with Crippen LogP contribution in [0.25, 0.3) is 0 Å². The molecule has 6 nitrogen and oxygen atoms in total. The summed E-state index contributed by atoms with van der Waals surface area (Å²) in [6.07, 6.45) is 0. The number of aromatic nitrogens is 1. The standard InChI is InChI=1S/C15H25N3O3/c1-5-16-14-11-13(10-12(2)17-14)15(19)18(6-8-20-3)7-9-21-4/h10-11H,5-9H2,1-4H3,(H,16,17). The number of rotatable bonds is 9. The number of nitrogens with zero attached hydrogens (tertiary/aromatic N) is 2. The van der Waals surface area contributed by atoms with Crippen molar-refractivity contribution in [1.82, 2.24) is 9.88 Å². The average Bonchev–Trinajstić information content (AvgIpc) is 2.46. The summed E-state index contributed by atoms with van der Waals surface area (Å²) in [5.74, 6) is 0.688. The molecule has 0 bridgehead atoms. The summed E-state index contributed by atoms with van der Waals surface area (Å²) >= 11 is 0. The first kappa shape index (κ1) is 17.4. The van der Waals surface area contributed by atoms with Crippen LogP contribution in [0.15, 0.2) is 12.1 Å². The van der Waals surface area contributed by atoms with E-state index in [0.29, 0.717) is 31.9 Å². The number of amides is 1. The van der Waals surface area contributed by atoms with Crippen LogP contribution in [-0.4, -0.2) is 62.9 Å². The van der Waals surface area contributed by atoms with Crippen LogP contribution in [0.5, 0.6) is 0 Å². The van der Waals surface area contributed by atoms with Crippen LogP contribution >= 0.6 is 0 Å². The third kappa shape index (κ3) is 5.69. The van der Waals surface area contributed by atoms with Gasteiger partial charge in [-0.1, -0.05) is 0 Å². The molecule has 0 radical (unpaired) electrons. The van der Waals surface area contributed by atoms with Gasteiger partial charge in [-0.05, 0) is 26.0 Å². The number of pyridine rings is 1. The molecule has 0 unspecified atom stereocenters. The highest BCUT2D eigenvalue weighted by Crippen LogP contribution is 2.12. The Morgan fingerprint density at radius 3 is 2.38 bits per heavy atom. The molecule has 6 heteroatoms. The Labute approximate surface area is 126 Å². The molecule has 1 amide bonds. The Morgan fingerprint density at radius 1 is 1.24 bits per heavy atom. The van der Waals surface area contributed by atoms with Gasteiger partial charge in [-0.3, -0.25) is 4.79 Å². The summed E-state index contributed by atoms with van der Waals surface area (Å²) in [6.45, 7) is 6.72. The third-order valence-electron chi connectivity index (χ3n) is 2.98. The summed E-state index contributed by atoms with van der Waals surface area (Å²) in [5, 5.41) is 3.14. The molecular formula is C15H25N3O3. The smallest absolute Gasteiger partial charge is 0.254 e. The molecule has 1 heterocycles. The molecule has 0 aromatic carbocycles. The fourth-order valence-corrected chi connectivity index (χ4v) is 1.96. The van der Waals surface area contributed by atoms with Crippen LogP contribution in [0, 0.1) is 6.92 Å². The second-order valence-electron chi connectivity index (χ2n) is 4.69. The van der Waals surface area contributed by atoms with E-state index < -0.39 is 0 Å². The summed E-state index contributed by atoms with van der Waals surface area (Å²) in [5.41, 5.74) is 1.45. The molecular weight excluding hydrogens is 270 g/mol. The van der Waals surface area contributed by atoms with E-state index in [0.717, 1.165) is 18.1 Å². The van der Waals surface area contributed by atoms with Gasteiger partial charge in [-0.15, -0.1) is 0 Å². The molecule has 0 aliphatic heterocycles. The number of methoxy groups -OCH3 is 2. The number of carbonyl (C=O) groups excluding carboxylic acids is 1. The molecule has 0 fully saturated rings. The molecule has 1 aromatic heterocycles. The quantitative estimate of drug-likeness (QED) is 0.749.